The van der Waals surface area contributed by atoms with Crippen LogP contribution in [-0.2, 0) is 0 Å². The Morgan fingerprint density at radius 1 is 0.750 bits per heavy atom. The fourth-order valence-corrected chi connectivity index (χ4v) is 1.72. The second-order valence-corrected chi connectivity index (χ2v) is 3.65. The highest BCUT2D eigenvalue weighted by Crippen LogP contribution is 2.25. The Balaban J connectivity index is 2.51. The molecule has 0 aliphatic heterocycles. The summed E-state index contributed by atoms with van der Waals surface area (Å²) in [5.74, 6) is 0. The van der Waals surface area contributed by atoms with Gasteiger partial charge in [-0.2, -0.15) is 0 Å². The van der Waals surface area contributed by atoms with Gasteiger partial charge in [0.25, 0.3) is 0 Å². The molecule has 0 amide bonds. The van der Waals surface area contributed by atoms with Crippen LogP contribution in [0.15, 0.2) is 36.4 Å². The Kier molecular flexibility index (Phi) is 1.71. The zero-order valence-corrected chi connectivity index (χ0v) is 8.51. The average Bonchev–Trinajstić information content (AvgIpc) is 2.32. The standard InChI is InChI=1S/C12H10N4/c13-7-5-6-10-12(11(7)14)16-9-4-2-1-3-8(9)15-10/h1-6H,13-14H2. The minimum Gasteiger partial charge on any atom is -0.397 e. The van der Waals surface area contributed by atoms with E-state index < -0.39 is 0 Å². The van der Waals surface area contributed by atoms with Crippen molar-refractivity contribution in [1.29, 1.82) is 0 Å². The number of aromatic nitrogens is 2. The molecule has 0 aliphatic carbocycles. The summed E-state index contributed by atoms with van der Waals surface area (Å²) in [4.78, 5) is 8.95. The summed E-state index contributed by atoms with van der Waals surface area (Å²) in [5.41, 5.74) is 15.8. The Morgan fingerprint density at radius 2 is 1.44 bits per heavy atom. The van der Waals surface area contributed by atoms with Gasteiger partial charge in [-0.05, 0) is 24.3 Å². The number of benzene rings is 2. The van der Waals surface area contributed by atoms with Gasteiger partial charge in [0, 0.05) is 0 Å². The quantitative estimate of drug-likeness (QED) is 0.439. The van der Waals surface area contributed by atoms with Crippen LogP contribution in [0.2, 0.25) is 0 Å². The van der Waals surface area contributed by atoms with Gasteiger partial charge >= 0.3 is 0 Å². The molecule has 0 fully saturated rings. The Hall–Kier alpha value is -2.36. The van der Waals surface area contributed by atoms with Gasteiger partial charge in [0.1, 0.15) is 5.52 Å². The maximum atomic E-state index is 5.88. The smallest absolute Gasteiger partial charge is 0.114 e. The highest BCUT2D eigenvalue weighted by atomic mass is 14.8. The van der Waals surface area contributed by atoms with E-state index in [9.17, 15) is 0 Å². The van der Waals surface area contributed by atoms with Gasteiger partial charge in [0.2, 0.25) is 0 Å². The summed E-state index contributed by atoms with van der Waals surface area (Å²) >= 11 is 0. The van der Waals surface area contributed by atoms with Gasteiger partial charge in [-0.1, -0.05) is 12.1 Å². The molecule has 3 rings (SSSR count). The van der Waals surface area contributed by atoms with E-state index in [-0.39, 0.29) is 0 Å². The number of hydrogen-bond donors (Lipinski definition) is 2. The maximum absolute atomic E-state index is 5.88. The zero-order chi connectivity index (χ0) is 11.1. The van der Waals surface area contributed by atoms with Crippen LogP contribution in [0.4, 0.5) is 11.4 Å². The van der Waals surface area contributed by atoms with Gasteiger partial charge < -0.3 is 11.5 Å². The van der Waals surface area contributed by atoms with E-state index in [4.69, 9.17) is 11.5 Å². The molecule has 1 aromatic heterocycles. The molecule has 16 heavy (non-hydrogen) atoms. The Labute approximate surface area is 91.9 Å². The van der Waals surface area contributed by atoms with Gasteiger partial charge in [0.15, 0.2) is 0 Å². The number of para-hydroxylation sites is 2. The van der Waals surface area contributed by atoms with Crippen molar-refractivity contribution >= 4 is 33.4 Å². The fourth-order valence-electron chi connectivity index (χ4n) is 1.72. The van der Waals surface area contributed by atoms with Crippen LogP contribution in [0.25, 0.3) is 22.1 Å². The SMILES string of the molecule is Nc1ccc2nc3ccccc3nc2c1N. The highest BCUT2D eigenvalue weighted by Gasteiger charge is 2.05. The Bertz CT molecular complexity index is 691. The monoisotopic (exact) mass is 210 g/mol. The topological polar surface area (TPSA) is 77.8 Å². The maximum Gasteiger partial charge on any atom is 0.114 e. The van der Waals surface area contributed by atoms with E-state index in [0.29, 0.717) is 16.9 Å². The van der Waals surface area contributed by atoms with E-state index in [2.05, 4.69) is 9.97 Å². The summed E-state index contributed by atoms with van der Waals surface area (Å²) in [6.07, 6.45) is 0. The molecule has 0 radical (unpaired) electrons. The molecule has 0 spiro atoms. The summed E-state index contributed by atoms with van der Waals surface area (Å²) in [7, 11) is 0. The van der Waals surface area contributed by atoms with Crippen molar-refractivity contribution in [1.82, 2.24) is 9.97 Å². The third-order valence-corrected chi connectivity index (χ3v) is 2.58. The predicted octanol–water partition coefficient (Wildman–Crippen LogP) is 1.95. The van der Waals surface area contributed by atoms with Crippen LogP contribution in [0.1, 0.15) is 0 Å². The summed E-state index contributed by atoms with van der Waals surface area (Å²) in [5, 5.41) is 0. The lowest BCUT2D eigenvalue weighted by molar-refractivity contribution is 1.40. The number of rotatable bonds is 0. The molecule has 4 N–H and O–H groups in total. The van der Waals surface area contributed by atoms with Crippen molar-refractivity contribution < 1.29 is 0 Å². The first-order valence-electron chi connectivity index (χ1n) is 4.96. The third kappa shape index (κ3) is 1.16. The molecule has 78 valence electrons. The van der Waals surface area contributed by atoms with Crippen LogP contribution in [0.3, 0.4) is 0 Å². The van der Waals surface area contributed by atoms with Gasteiger partial charge in [-0.25, -0.2) is 9.97 Å². The van der Waals surface area contributed by atoms with Gasteiger partial charge in [-0.3, -0.25) is 0 Å². The first-order chi connectivity index (χ1) is 7.75. The molecule has 0 aliphatic rings. The van der Waals surface area contributed by atoms with E-state index in [0.717, 1.165) is 16.6 Å². The number of hydrogen-bond acceptors (Lipinski definition) is 4. The molecule has 0 saturated heterocycles. The molecule has 3 aromatic rings. The fraction of sp³-hybridized carbons (Fsp3) is 0. The second-order valence-electron chi connectivity index (χ2n) is 3.65. The van der Waals surface area contributed by atoms with Crippen molar-refractivity contribution in [2.75, 3.05) is 11.5 Å². The first kappa shape index (κ1) is 8.91. The van der Waals surface area contributed by atoms with Crippen LogP contribution < -0.4 is 11.5 Å². The van der Waals surface area contributed by atoms with Crippen LogP contribution in [-0.4, -0.2) is 9.97 Å². The summed E-state index contributed by atoms with van der Waals surface area (Å²) < 4.78 is 0. The summed E-state index contributed by atoms with van der Waals surface area (Å²) in [6, 6.07) is 11.3. The Morgan fingerprint density at radius 3 is 2.19 bits per heavy atom. The lowest BCUT2D eigenvalue weighted by Crippen LogP contribution is -1.98. The van der Waals surface area contributed by atoms with Crippen molar-refractivity contribution in [2.24, 2.45) is 0 Å². The van der Waals surface area contributed by atoms with Crippen LogP contribution in [0, 0.1) is 0 Å². The molecule has 4 nitrogen and oxygen atoms in total. The second kappa shape index (κ2) is 3.06. The number of nitrogens with zero attached hydrogens (tertiary/aromatic N) is 2. The summed E-state index contributed by atoms with van der Waals surface area (Å²) in [6.45, 7) is 0. The van der Waals surface area contributed by atoms with Gasteiger partial charge in [-0.15, -0.1) is 0 Å². The van der Waals surface area contributed by atoms with Crippen molar-refractivity contribution in [3.05, 3.63) is 36.4 Å². The molecule has 1 heterocycles. The van der Waals surface area contributed by atoms with E-state index in [1.165, 1.54) is 0 Å². The molecular weight excluding hydrogens is 200 g/mol. The number of nitrogen functional groups attached to an aromatic ring is 2. The molecule has 4 heteroatoms. The lowest BCUT2D eigenvalue weighted by atomic mass is 10.2. The van der Waals surface area contributed by atoms with E-state index in [1.54, 1.807) is 6.07 Å². The number of nitrogens with two attached hydrogens (primary N) is 2. The van der Waals surface area contributed by atoms with Crippen LogP contribution in [0.5, 0.6) is 0 Å². The predicted molar refractivity (Wildman–Crippen MR) is 65.9 cm³/mol. The van der Waals surface area contributed by atoms with Crippen molar-refractivity contribution in [3.8, 4) is 0 Å². The largest absolute Gasteiger partial charge is 0.397 e. The molecule has 0 bridgehead atoms. The zero-order valence-electron chi connectivity index (χ0n) is 8.51. The molecular formula is C12H10N4. The first-order valence-corrected chi connectivity index (χ1v) is 4.96. The third-order valence-electron chi connectivity index (χ3n) is 2.58. The molecule has 0 saturated carbocycles. The number of anilines is 2. The van der Waals surface area contributed by atoms with E-state index in [1.807, 2.05) is 30.3 Å². The molecule has 0 unspecified atom stereocenters. The molecule has 2 aromatic carbocycles. The minimum absolute atomic E-state index is 0.496. The van der Waals surface area contributed by atoms with Crippen molar-refractivity contribution in [3.63, 3.8) is 0 Å². The van der Waals surface area contributed by atoms with Gasteiger partial charge in [0.05, 0.1) is 27.9 Å². The number of fused-ring (bicyclic) bond motifs is 2. The minimum atomic E-state index is 0.496. The van der Waals surface area contributed by atoms with E-state index >= 15 is 0 Å². The average molecular weight is 210 g/mol. The highest BCUT2D eigenvalue weighted by molar-refractivity contribution is 5.97. The normalized spacial score (nSPS) is 11.0. The van der Waals surface area contributed by atoms with Crippen LogP contribution >= 0.6 is 0 Å². The molecule has 0 atom stereocenters. The van der Waals surface area contributed by atoms with Crippen molar-refractivity contribution in [2.45, 2.75) is 0 Å². The lowest BCUT2D eigenvalue weighted by Gasteiger charge is -2.05.